The van der Waals surface area contributed by atoms with Gasteiger partial charge in [-0.05, 0) is 57.9 Å². The fraction of sp³-hybridized carbons (Fsp3) is 0.381. The number of esters is 1. The molecule has 1 aromatic carbocycles. The standard InChI is InChI=1S/C21H25N3O4/c1-4-24-13(2)10-18(14(24)3)21(27)28-12-19(25)22-17-7-5-6-15(11-17)20(26)23-16-8-9-16/h5-7,10-11,16H,4,8-9,12H2,1-3H3,(H,22,25)(H,23,26). The molecular weight excluding hydrogens is 358 g/mol. The number of benzene rings is 1. The van der Waals surface area contributed by atoms with Gasteiger partial charge in [-0.25, -0.2) is 4.79 Å². The first-order valence-electron chi connectivity index (χ1n) is 9.43. The number of ether oxygens (including phenoxy) is 1. The van der Waals surface area contributed by atoms with Gasteiger partial charge in [-0.15, -0.1) is 0 Å². The summed E-state index contributed by atoms with van der Waals surface area (Å²) in [6, 6.07) is 8.70. The summed E-state index contributed by atoms with van der Waals surface area (Å²) < 4.78 is 7.16. The molecule has 7 nitrogen and oxygen atoms in total. The highest BCUT2D eigenvalue weighted by Gasteiger charge is 2.24. The average molecular weight is 383 g/mol. The molecule has 2 amide bonds. The molecule has 1 heterocycles. The number of hydrogen-bond donors (Lipinski definition) is 2. The molecule has 2 aromatic rings. The number of nitrogens with zero attached hydrogens (tertiary/aromatic N) is 1. The second-order valence-electron chi connectivity index (χ2n) is 6.98. The number of aromatic nitrogens is 1. The van der Waals surface area contributed by atoms with E-state index in [1.165, 1.54) is 0 Å². The molecule has 0 bridgehead atoms. The molecule has 0 unspecified atom stereocenters. The lowest BCUT2D eigenvalue weighted by molar-refractivity contribution is -0.119. The number of rotatable bonds is 7. The summed E-state index contributed by atoms with van der Waals surface area (Å²) >= 11 is 0. The maximum absolute atomic E-state index is 12.3. The Labute approximate surface area is 164 Å². The van der Waals surface area contributed by atoms with Crippen LogP contribution in [0.5, 0.6) is 0 Å². The minimum Gasteiger partial charge on any atom is -0.452 e. The van der Waals surface area contributed by atoms with Gasteiger partial charge in [-0.3, -0.25) is 9.59 Å². The molecule has 148 valence electrons. The fourth-order valence-electron chi connectivity index (χ4n) is 3.13. The molecule has 1 saturated carbocycles. The lowest BCUT2D eigenvalue weighted by Gasteiger charge is -2.09. The van der Waals surface area contributed by atoms with Gasteiger partial charge in [-0.1, -0.05) is 6.07 Å². The van der Waals surface area contributed by atoms with E-state index in [2.05, 4.69) is 10.6 Å². The van der Waals surface area contributed by atoms with Crippen molar-refractivity contribution < 1.29 is 19.1 Å². The van der Waals surface area contributed by atoms with Crippen LogP contribution in [0, 0.1) is 13.8 Å². The summed E-state index contributed by atoms with van der Waals surface area (Å²) in [5, 5.41) is 5.56. The molecule has 7 heteroatoms. The second-order valence-corrected chi connectivity index (χ2v) is 6.98. The van der Waals surface area contributed by atoms with Gasteiger partial charge in [0.2, 0.25) is 0 Å². The number of aryl methyl sites for hydroxylation is 1. The number of nitrogens with one attached hydrogen (secondary N) is 2. The predicted octanol–water partition coefficient (Wildman–Crippen LogP) is 2.81. The number of hydrogen-bond acceptors (Lipinski definition) is 4. The van der Waals surface area contributed by atoms with E-state index in [0.717, 1.165) is 30.8 Å². The van der Waals surface area contributed by atoms with Crippen LogP contribution in [0.1, 0.15) is 51.9 Å². The molecule has 1 aliphatic carbocycles. The Bertz CT molecular complexity index is 912. The highest BCUT2D eigenvalue weighted by atomic mass is 16.5. The highest BCUT2D eigenvalue weighted by molar-refractivity contribution is 5.98. The fourth-order valence-corrected chi connectivity index (χ4v) is 3.13. The van der Waals surface area contributed by atoms with Crippen LogP contribution >= 0.6 is 0 Å². The largest absolute Gasteiger partial charge is 0.452 e. The quantitative estimate of drug-likeness (QED) is 0.720. The molecule has 28 heavy (non-hydrogen) atoms. The van der Waals surface area contributed by atoms with Gasteiger partial charge < -0.3 is 19.9 Å². The van der Waals surface area contributed by atoms with Crippen molar-refractivity contribution in [2.45, 2.75) is 46.2 Å². The number of anilines is 1. The van der Waals surface area contributed by atoms with E-state index < -0.39 is 18.5 Å². The van der Waals surface area contributed by atoms with Crippen molar-refractivity contribution in [2.24, 2.45) is 0 Å². The molecule has 0 aliphatic heterocycles. The number of carbonyl (C=O) groups excluding carboxylic acids is 3. The van der Waals surface area contributed by atoms with Crippen molar-refractivity contribution in [2.75, 3.05) is 11.9 Å². The van der Waals surface area contributed by atoms with Crippen LogP contribution in [0.4, 0.5) is 5.69 Å². The maximum Gasteiger partial charge on any atom is 0.340 e. The summed E-state index contributed by atoms with van der Waals surface area (Å²) in [6.07, 6.45) is 2.02. The molecule has 0 radical (unpaired) electrons. The first-order chi connectivity index (χ1) is 13.4. The van der Waals surface area contributed by atoms with E-state index in [1.54, 1.807) is 30.3 Å². The van der Waals surface area contributed by atoms with Gasteiger partial charge in [0.25, 0.3) is 11.8 Å². The van der Waals surface area contributed by atoms with Crippen molar-refractivity contribution >= 4 is 23.5 Å². The van der Waals surface area contributed by atoms with E-state index in [-0.39, 0.29) is 11.9 Å². The smallest absolute Gasteiger partial charge is 0.340 e. The minimum atomic E-state index is -0.527. The number of amides is 2. The lowest BCUT2D eigenvalue weighted by Crippen LogP contribution is -2.25. The van der Waals surface area contributed by atoms with E-state index in [1.807, 2.05) is 25.3 Å². The molecular formula is C21H25N3O4. The van der Waals surface area contributed by atoms with Gasteiger partial charge in [0.05, 0.1) is 5.56 Å². The zero-order valence-electron chi connectivity index (χ0n) is 16.4. The zero-order valence-corrected chi connectivity index (χ0v) is 16.4. The monoisotopic (exact) mass is 383 g/mol. The van der Waals surface area contributed by atoms with Crippen LogP contribution in [0.3, 0.4) is 0 Å². The summed E-state index contributed by atoms with van der Waals surface area (Å²) in [7, 11) is 0. The summed E-state index contributed by atoms with van der Waals surface area (Å²) in [6.45, 7) is 6.14. The average Bonchev–Trinajstić information content (AvgIpc) is 3.43. The maximum atomic E-state index is 12.3. The molecule has 0 atom stereocenters. The van der Waals surface area contributed by atoms with Crippen molar-refractivity contribution in [1.29, 1.82) is 0 Å². The van der Waals surface area contributed by atoms with Crippen molar-refractivity contribution in [3.8, 4) is 0 Å². The normalized spacial score (nSPS) is 13.1. The van der Waals surface area contributed by atoms with Crippen LogP contribution in [0.2, 0.25) is 0 Å². The van der Waals surface area contributed by atoms with Gasteiger partial charge in [0.1, 0.15) is 0 Å². The molecule has 0 spiro atoms. The third kappa shape index (κ3) is 4.60. The first-order valence-corrected chi connectivity index (χ1v) is 9.43. The van der Waals surface area contributed by atoms with Gasteiger partial charge in [0.15, 0.2) is 6.61 Å². The number of carbonyl (C=O) groups is 3. The van der Waals surface area contributed by atoms with Crippen LogP contribution < -0.4 is 10.6 Å². The van der Waals surface area contributed by atoms with Crippen LogP contribution in [0.15, 0.2) is 30.3 Å². The first kappa shape index (κ1) is 19.7. The van der Waals surface area contributed by atoms with Gasteiger partial charge in [-0.2, -0.15) is 0 Å². The van der Waals surface area contributed by atoms with Crippen molar-refractivity contribution in [3.63, 3.8) is 0 Å². The van der Waals surface area contributed by atoms with E-state index >= 15 is 0 Å². The van der Waals surface area contributed by atoms with Crippen LogP contribution in [-0.2, 0) is 16.1 Å². The van der Waals surface area contributed by atoms with Crippen molar-refractivity contribution in [3.05, 3.63) is 52.8 Å². The Morgan fingerprint density at radius 1 is 1.18 bits per heavy atom. The predicted molar refractivity (Wildman–Crippen MR) is 105 cm³/mol. The minimum absolute atomic E-state index is 0.156. The topological polar surface area (TPSA) is 89.4 Å². The summed E-state index contributed by atoms with van der Waals surface area (Å²) in [5.41, 5.74) is 3.21. The molecule has 3 rings (SSSR count). The third-order valence-corrected chi connectivity index (χ3v) is 4.77. The Morgan fingerprint density at radius 3 is 2.57 bits per heavy atom. The molecule has 0 saturated heterocycles. The summed E-state index contributed by atoms with van der Waals surface area (Å²) in [4.78, 5) is 36.5. The molecule has 1 fully saturated rings. The van der Waals surface area contributed by atoms with Crippen LogP contribution in [0.25, 0.3) is 0 Å². The zero-order chi connectivity index (χ0) is 20.3. The Kier molecular flexibility index (Phi) is 5.82. The molecule has 1 aliphatic rings. The Morgan fingerprint density at radius 2 is 1.93 bits per heavy atom. The lowest BCUT2D eigenvalue weighted by atomic mass is 10.2. The molecule has 2 N–H and O–H groups in total. The third-order valence-electron chi connectivity index (χ3n) is 4.77. The highest BCUT2D eigenvalue weighted by Crippen LogP contribution is 2.20. The van der Waals surface area contributed by atoms with Crippen molar-refractivity contribution in [1.82, 2.24) is 9.88 Å². The second kappa shape index (κ2) is 8.29. The SMILES string of the molecule is CCn1c(C)cc(C(=O)OCC(=O)Nc2cccc(C(=O)NC3CC3)c2)c1C. The van der Waals surface area contributed by atoms with E-state index in [0.29, 0.717) is 16.8 Å². The van der Waals surface area contributed by atoms with Gasteiger partial charge in [0, 0.05) is 35.2 Å². The van der Waals surface area contributed by atoms with E-state index in [9.17, 15) is 14.4 Å². The van der Waals surface area contributed by atoms with Gasteiger partial charge >= 0.3 is 5.97 Å². The van der Waals surface area contributed by atoms with Crippen LogP contribution in [-0.4, -0.2) is 35.0 Å². The Hall–Kier alpha value is -3.09. The summed E-state index contributed by atoms with van der Waals surface area (Å²) in [5.74, 6) is -1.14. The van der Waals surface area contributed by atoms with E-state index in [4.69, 9.17) is 4.74 Å². The Balaban J connectivity index is 1.55. The molecule has 1 aromatic heterocycles.